The molecule has 1 atom stereocenters. The Balaban J connectivity index is 1.78. The van der Waals surface area contributed by atoms with Gasteiger partial charge in [0, 0.05) is 19.7 Å². The van der Waals surface area contributed by atoms with E-state index in [1.807, 2.05) is 0 Å². The average molecular weight is 275 g/mol. The minimum atomic E-state index is 0.631. The van der Waals surface area contributed by atoms with Crippen molar-refractivity contribution in [1.82, 2.24) is 5.32 Å². The Morgan fingerprint density at radius 3 is 2.25 bits per heavy atom. The van der Waals surface area contributed by atoms with Gasteiger partial charge in [0.1, 0.15) is 0 Å². The second-order valence-corrected chi connectivity index (χ2v) is 6.17. The van der Waals surface area contributed by atoms with Crippen molar-refractivity contribution in [2.75, 3.05) is 7.11 Å². The molecule has 0 unspecified atom stereocenters. The smallest absolute Gasteiger partial charge is 0.0713 e. The predicted molar refractivity (Wildman–Crippen MR) is 84.6 cm³/mol. The third-order valence-corrected chi connectivity index (χ3v) is 4.57. The molecular formula is C18H29NO. The first-order chi connectivity index (χ1) is 9.79. The third kappa shape index (κ3) is 4.92. The van der Waals surface area contributed by atoms with Crippen LogP contribution in [0.15, 0.2) is 24.3 Å². The lowest BCUT2D eigenvalue weighted by molar-refractivity contribution is 0.185. The summed E-state index contributed by atoms with van der Waals surface area (Å²) in [7, 11) is 1.74. The van der Waals surface area contributed by atoms with Gasteiger partial charge in [0.15, 0.2) is 0 Å². The fourth-order valence-corrected chi connectivity index (χ4v) is 3.18. The van der Waals surface area contributed by atoms with Crippen molar-refractivity contribution < 1.29 is 4.74 Å². The molecule has 1 aromatic carbocycles. The van der Waals surface area contributed by atoms with Gasteiger partial charge in [-0.1, -0.05) is 49.9 Å². The number of benzene rings is 1. The van der Waals surface area contributed by atoms with E-state index in [0.29, 0.717) is 12.6 Å². The molecule has 0 heterocycles. The summed E-state index contributed by atoms with van der Waals surface area (Å²) in [4.78, 5) is 0. The van der Waals surface area contributed by atoms with Crippen LogP contribution in [0, 0.1) is 5.92 Å². The monoisotopic (exact) mass is 275 g/mol. The van der Waals surface area contributed by atoms with Gasteiger partial charge in [0.25, 0.3) is 0 Å². The van der Waals surface area contributed by atoms with Gasteiger partial charge in [-0.25, -0.2) is 0 Å². The third-order valence-electron chi connectivity index (χ3n) is 4.57. The van der Waals surface area contributed by atoms with E-state index in [2.05, 4.69) is 36.5 Å². The van der Waals surface area contributed by atoms with Gasteiger partial charge in [-0.2, -0.15) is 0 Å². The zero-order valence-electron chi connectivity index (χ0n) is 13.0. The first-order valence-corrected chi connectivity index (χ1v) is 8.09. The fourth-order valence-electron chi connectivity index (χ4n) is 3.18. The minimum Gasteiger partial charge on any atom is -0.380 e. The highest BCUT2D eigenvalue weighted by Crippen LogP contribution is 2.25. The molecule has 1 N–H and O–H groups in total. The van der Waals surface area contributed by atoms with Gasteiger partial charge >= 0.3 is 0 Å². The maximum absolute atomic E-state index is 5.14. The van der Waals surface area contributed by atoms with E-state index in [-0.39, 0.29) is 0 Å². The summed E-state index contributed by atoms with van der Waals surface area (Å²) < 4.78 is 5.14. The lowest BCUT2D eigenvalue weighted by Crippen LogP contribution is -2.32. The van der Waals surface area contributed by atoms with Gasteiger partial charge in [-0.15, -0.1) is 0 Å². The molecule has 0 radical (unpaired) electrons. The molecule has 0 aliphatic heterocycles. The van der Waals surface area contributed by atoms with Crippen LogP contribution in [0.5, 0.6) is 0 Å². The summed E-state index contributed by atoms with van der Waals surface area (Å²) in [5.41, 5.74) is 2.61. The predicted octanol–water partition coefficient (Wildman–Crippen LogP) is 4.28. The van der Waals surface area contributed by atoms with Crippen LogP contribution >= 0.6 is 0 Å². The first-order valence-electron chi connectivity index (χ1n) is 8.09. The molecule has 0 saturated heterocycles. The molecule has 1 fully saturated rings. The second kappa shape index (κ2) is 8.43. The highest BCUT2D eigenvalue weighted by molar-refractivity contribution is 5.21. The lowest BCUT2D eigenvalue weighted by atomic mass is 9.93. The van der Waals surface area contributed by atoms with Crippen molar-refractivity contribution in [2.24, 2.45) is 5.92 Å². The van der Waals surface area contributed by atoms with E-state index < -0.39 is 0 Å². The van der Waals surface area contributed by atoms with Crippen LogP contribution in [0.25, 0.3) is 0 Å². The van der Waals surface area contributed by atoms with E-state index in [9.17, 15) is 0 Å². The molecule has 2 heteroatoms. The molecule has 1 aromatic rings. The summed E-state index contributed by atoms with van der Waals surface area (Å²) in [5, 5.41) is 3.72. The molecule has 1 aliphatic rings. The van der Waals surface area contributed by atoms with Crippen LogP contribution in [0.4, 0.5) is 0 Å². The first kappa shape index (κ1) is 15.5. The average Bonchev–Trinajstić information content (AvgIpc) is 2.76. The maximum Gasteiger partial charge on any atom is 0.0713 e. The molecule has 20 heavy (non-hydrogen) atoms. The largest absolute Gasteiger partial charge is 0.380 e. The fraction of sp³-hybridized carbons (Fsp3) is 0.667. The highest BCUT2D eigenvalue weighted by Gasteiger charge is 2.18. The SMILES string of the molecule is COCc1ccc(CN[C@@H](C)C2CCCCCC2)cc1. The lowest BCUT2D eigenvalue weighted by Gasteiger charge is -2.23. The normalized spacial score (nSPS) is 18.7. The van der Waals surface area contributed by atoms with Gasteiger partial charge in [0.05, 0.1) is 6.61 Å². The van der Waals surface area contributed by atoms with Crippen molar-refractivity contribution in [3.8, 4) is 0 Å². The Morgan fingerprint density at radius 1 is 1.05 bits per heavy atom. The molecule has 112 valence electrons. The van der Waals surface area contributed by atoms with E-state index in [1.165, 1.54) is 49.7 Å². The standard InChI is InChI=1S/C18H29NO/c1-15(18-7-5-3-4-6-8-18)19-13-16-9-11-17(12-10-16)14-20-2/h9-12,15,18-19H,3-8,13-14H2,1-2H3/t15-/m0/s1. The summed E-state index contributed by atoms with van der Waals surface area (Å²) in [6.45, 7) is 4.03. The Labute approximate surface area is 123 Å². The zero-order chi connectivity index (χ0) is 14.2. The van der Waals surface area contributed by atoms with E-state index in [4.69, 9.17) is 4.74 Å². The summed E-state index contributed by atoms with van der Waals surface area (Å²) in [6, 6.07) is 9.38. The quantitative estimate of drug-likeness (QED) is 0.782. The summed E-state index contributed by atoms with van der Waals surface area (Å²) in [5.74, 6) is 0.866. The Kier molecular flexibility index (Phi) is 6.55. The topological polar surface area (TPSA) is 21.3 Å². The van der Waals surface area contributed by atoms with Crippen LogP contribution in [-0.2, 0) is 17.9 Å². The summed E-state index contributed by atoms with van der Waals surface area (Å²) in [6.07, 6.45) is 8.51. The van der Waals surface area contributed by atoms with Crippen molar-refractivity contribution in [3.05, 3.63) is 35.4 Å². The van der Waals surface area contributed by atoms with Crippen LogP contribution in [0.2, 0.25) is 0 Å². The number of hydrogen-bond donors (Lipinski definition) is 1. The van der Waals surface area contributed by atoms with Gasteiger partial charge in [0.2, 0.25) is 0 Å². The zero-order valence-corrected chi connectivity index (χ0v) is 13.0. The van der Waals surface area contributed by atoms with E-state index in [1.54, 1.807) is 7.11 Å². The highest BCUT2D eigenvalue weighted by atomic mass is 16.5. The molecule has 0 amide bonds. The van der Waals surface area contributed by atoms with Crippen LogP contribution < -0.4 is 5.32 Å². The van der Waals surface area contributed by atoms with Crippen molar-refractivity contribution in [1.29, 1.82) is 0 Å². The van der Waals surface area contributed by atoms with E-state index in [0.717, 1.165) is 12.5 Å². The molecule has 2 rings (SSSR count). The molecule has 1 saturated carbocycles. The minimum absolute atomic E-state index is 0.631. The number of hydrogen-bond acceptors (Lipinski definition) is 2. The van der Waals surface area contributed by atoms with Gasteiger partial charge in [-0.3, -0.25) is 0 Å². The van der Waals surface area contributed by atoms with Crippen LogP contribution in [0.3, 0.4) is 0 Å². The van der Waals surface area contributed by atoms with Crippen LogP contribution in [-0.4, -0.2) is 13.2 Å². The number of rotatable bonds is 6. The second-order valence-electron chi connectivity index (χ2n) is 6.17. The molecule has 1 aliphatic carbocycles. The molecular weight excluding hydrogens is 246 g/mol. The van der Waals surface area contributed by atoms with Crippen molar-refractivity contribution >= 4 is 0 Å². The van der Waals surface area contributed by atoms with Crippen molar-refractivity contribution in [2.45, 2.75) is 64.6 Å². The van der Waals surface area contributed by atoms with Gasteiger partial charge < -0.3 is 10.1 Å². The van der Waals surface area contributed by atoms with Crippen molar-refractivity contribution in [3.63, 3.8) is 0 Å². The van der Waals surface area contributed by atoms with E-state index >= 15 is 0 Å². The van der Waals surface area contributed by atoms with Gasteiger partial charge in [-0.05, 0) is 36.8 Å². The number of ether oxygens (including phenoxy) is 1. The number of nitrogens with one attached hydrogen (secondary N) is 1. The Hall–Kier alpha value is -0.860. The Bertz CT molecular complexity index is 366. The molecule has 0 spiro atoms. The molecule has 0 bridgehead atoms. The molecule has 0 aromatic heterocycles. The maximum atomic E-state index is 5.14. The number of methoxy groups -OCH3 is 1. The summed E-state index contributed by atoms with van der Waals surface area (Å²) >= 11 is 0. The Morgan fingerprint density at radius 2 is 1.65 bits per heavy atom. The van der Waals surface area contributed by atoms with Crippen LogP contribution in [0.1, 0.15) is 56.6 Å². The molecule has 2 nitrogen and oxygen atoms in total.